The molecule has 1 fully saturated rings. The third kappa shape index (κ3) is 3.25. The first-order valence-corrected chi connectivity index (χ1v) is 4.98. The summed E-state index contributed by atoms with van der Waals surface area (Å²) in [7, 11) is 3.22. The molecule has 13 heavy (non-hydrogen) atoms. The van der Waals surface area contributed by atoms with Gasteiger partial charge in [0.25, 0.3) is 0 Å². The number of methoxy groups -OCH3 is 2. The topological polar surface area (TPSA) is 38.7 Å². The molecule has 0 heterocycles. The fourth-order valence-electron chi connectivity index (χ4n) is 1.99. The second-order valence-electron chi connectivity index (χ2n) is 3.89. The van der Waals surface area contributed by atoms with Crippen LogP contribution in [0.1, 0.15) is 38.5 Å². The van der Waals surface area contributed by atoms with Crippen molar-refractivity contribution in [1.29, 1.82) is 0 Å². The van der Waals surface area contributed by atoms with Gasteiger partial charge in [-0.15, -0.1) is 0 Å². The van der Waals surface area contributed by atoms with Crippen molar-refractivity contribution in [1.82, 2.24) is 0 Å². The van der Waals surface area contributed by atoms with Gasteiger partial charge in [0.05, 0.1) is 5.60 Å². The molecular formula is C10H20O3. The van der Waals surface area contributed by atoms with E-state index in [0.29, 0.717) is 6.42 Å². The van der Waals surface area contributed by atoms with E-state index < -0.39 is 5.60 Å². The molecule has 0 aromatic carbocycles. The van der Waals surface area contributed by atoms with Crippen LogP contribution in [-0.2, 0) is 9.47 Å². The van der Waals surface area contributed by atoms with Gasteiger partial charge in [0, 0.05) is 20.6 Å². The van der Waals surface area contributed by atoms with Crippen molar-refractivity contribution in [2.24, 2.45) is 0 Å². The molecule has 78 valence electrons. The first kappa shape index (κ1) is 11.0. The lowest BCUT2D eigenvalue weighted by molar-refractivity contribution is -0.150. The summed E-state index contributed by atoms with van der Waals surface area (Å²) in [5, 5.41) is 10.1. The van der Waals surface area contributed by atoms with Crippen molar-refractivity contribution >= 4 is 0 Å². The fourth-order valence-corrected chi connectivity index (χ4v) is 1.99. The second-order valence-corrected chi connectivity index (χ2v) is 3.89. The van der Waals surface area contributed by atoms with Crippen LogP contribution in [0.4, 0.5) is 0 Å². The minimum Gasteiger partial charge on any atom is -0.390 e. The molecule has 0 radical (unpaired) electrons. The Kier molecular flexibility index (Phi) is 4.16. The van der Waals surface area contributed by atoms with E-state index in [1.54, 1.807) is 14.2 Å². The molecule has 1 aliphatic carbocycles. The summed E-state index contributed by atoms with van der Waals surface area (Å²) in [5.74, 6) is 0. The van der Waals surface area contributed by atoms with E-state index in [0.717, 1.165) is 25.7 Å². The highest BCUT2D eigenvalue weighted by Crippen LogP contribution is 2.32. The van der Waals surface area contributed by atoms with E-state index >= 15 is 0 Å². The van der Waals surface area contributed by atoms with Gasteiger partial charge in [-0.1, -0.05) is 19.3 Å². The van der Waals surface area contributed by atoms with Crippen molar-refractivity contribution in [3.8, 4) is 0 Å². The van der Waals surface area contributed by atoms with Gasteiger partial charge in [-0.2, -0.15) is 0 Å². The minimum absolute atomic E-state index is 0.261. The van der Waals surface area contributed by atoms with Gasteiger partial charge in [0.1, 0.15) is 0 Å². The summed E-state index contributed by atoms with van der Waals surface area (Å²) >= 11 is 0. The zero-order valence-corrected chi connectivity index (χ0v) is 8.58. The Morgan fingerprint density at radius 1 is 1.15 bits per heavy atom. The van der Waals surface area contributed by atoms with Crippen LogP contribution in [0.15, 0.2) is 0 Å². The van der Waals surface area contributed by atoms with Crippen LogP contribution < -0.4 is 0 Å². The van der Waals surface area contributed by atoms with Crippen LogP contribution in [0.5, 0.6) is 0 Å². The van der Waals surface area contributed by atoms with Crippen LogP contribution >= 0.6 is 0 Å². The molecule has 3 nitrogen and oxygen atoms in total. The van der Waals surface area contributed by atoms with Crippen LogP contribution in [0, 0.1) is 0 Å². The average molecular weight is 188 g/mol. The van der Waals surface area contributed by atoms with Gasteiger partial charge >= 0.3 is 0 Å². The van der Waals surface area contributed by atoms with E-state index in [1.807, 2.05) is 0 Å². The van der Waals surface area contributed by atoms with Crippen molar-refractivity contribution in [2.45, 2.75) is 50.4 Å². The van der Waals surface area contributed by atoms with Crippen LogP contribution in [0.3, 0.4) is 0 Å². The summed E-state index contributed by atoms with van der Waals surface area (Å²) in [4.78, 5) is 0. The molecule has 1 N–H and O–H groups in total. The third-order valence-electron chi connectivity index (χ3n) is 2.86. The maximum atomic E-state index is 10.1. The fraction of sp³-hybridized carbons (Fsp3) is 1.00. The molecule has 1 rings (SSSR count). The molecule has 0 aromatic heterocycles. The molecule has 1 aliphatic rings. The van der Waals surface area contributed by atoms with Crippen molar-refractivity contribution < 1.29 is 14.6 Å². The first-order chi connectivity index (χ1) is 6.20. The lowest BCUT2D eigenvalue weighted by Crippen LogP contribution is -2.36. The maximum Gasteiger partial charge on any atom is 0.159 e. The van der Waals surface area contributed by atoms with Gasteiger partial charge in [-0.05, 0) is 12.8 Å². The van der Waals surface area contributed by atoms with E-state index in [2.05, 4.69) is 0 Å². The number of ether oxygens (including phenoxy) is 2. The molecule has 0 atom stereocenters. The monoisotopic (exact) mass is 188 g/mol. The van der Waals surface area contributed by atoms with Gasteiger partial charge in [-0.25, -0.2) is 0 Å². The molecule has 3 heteroatoms. The van der Waals surface area contributed by atoms with E-state index in [9.17, 15) is 5.11 Å². The van der Waals surface area contributed by atoms with Crippen LogP contribution in [0.25, 0.3) is 0 Å². The Bertz CT molecular complexity index is 137. The molecule has 0 aromatic rings. The van der Waals surface area contributed by atoms with Gasteiger partial charge in [0.2, 0.25) is 0 Å². The summed E-state index contributed by atoms with van der Waals surface area (Å²) in [5.41, 5.74) is -0.547. The zero-order chi connectivity index (χ0) is 9.73. The van der Waals surface area contributed by atoms with Gasteiger partial charge in [-0.3, -0.25) is 0 Å². The quantitative estimate of drug-likeness (QED) is 0.682. The SMILES string of the molecule is COC(CC1(O)CCCCC1)OC. The largest absolute Gasteiger partial charge is 0.390 e. The van der Waals surface area contributed by atoms with E-state index in [1.165, 1.54) is 6.42 Å². The summed E-state index contributed by atoms with van der Waals surface area (Å²) in [6.07, 6.45) is 5.59. The Labute approximate surface area is 80.0 Å². The lowest BCUT2D eigenvalue weighted by Gasteiger charge is -2.34. The van der Waals surface area contributed by atoms with E-state index in [-0.39, 0.29) is 6.29 Å². The van der Waals surface area contributed by atoms with Crippen molar-refractivity contribution in [3.05, 3.63) is 0 Å². The lowest BCUT2D eigenvalue weighted by atomic mass is 9.82. The maximum absolute atomic E-state index is 10.1. The highest BCUT2D eigenvalue weighted by Gasteiger charge is 2.32. The van der Waals surface area contributed by atoms with Crippen LogP contribution in [0.2, 0.25) is 0 Å². The van der Waals surface area contributed by atoms with Gasteiger partial charge < -0.3 is 14.6 Å². The summed E-state index contributed by atoms with van der Waals surface area (Å²) in [6, 6.07) is 0. The molecule has 0 unspecified atom stereocenters. The van der Waals surface area contributed by atoms with Crippen molar-refractivity contribution in [3.63, 3.8) is 0 Å². The normalized spacial score (nSPS) is 22.2. The standard InChI is InChI=1S/C10H20O3/c1-12-9(13-2)8-10(11)6-4-3-5-7-10/h9,11H,3-8H2,1-2H3. The van der Waals surface area contributed by atoms with Crippen molar-refractivity contribution in [2.75, 3.05) is 14.2 Å². The smallest absolute Gasteiger partial charge is 0.159 e. The average Bonchev–Trinajstić information content (AvgIpc) is 2.15. The Morgan fingerprint density at radius 3 is 2.15 bits per heavy atom. The first-order valence-electron chi connectivity index (χ1n) is 4.98. The third-order valence-corrected chi connectivity index (χ3v) is 2.86. The second kappa shape index (κ2) is 4.94. The Balaban J connectivity index is 2.39. The predicted molar refractivity (Wildman–Crippen MR) is 50.5 cm³/mol. The summed E-state index contributed by atoms with van der Waals surface area (Å²) in [6.45, 7) is 0. The number of rotatable bonds is 4. The zero-order valence-electron chi connectivity index (χ0n) is 8.58. The minimum atomic E-state index is -0.547. The highest BCUT2D eigenvalue weighted by atomic mass is 16.7. The Hall–Kier alpha value is -0.120. The van der Waals surface area contributed by atoms with Crippen LogP contribution in [-0.4, -0.2) is 31.2 Å². The number of aliphatic hydroxyl groups is 1. The molecule has 1 saturated carbocycles. The molecule has 0 saturated heterocycles. The molecule has 0 aliphatic heterocycles. The molecule has 0 spiro atoms. The molecule has 0 bridgehead atoms. The Morgan fingerprint density at radius 2 is 1.69 bits per heavy atom. The highest BCUT2D eigenvalue weighted by molar-refractivity contribution is 4.83. The molecule has 0 amide bonds. The summed E-state index contributed by atoms with van der Waals surface area (Å²) < 4.78 is 10.2. The number of hydrogen-bond donors (Lipinski definition) is 1. The predicted octanol–water partition coefficient (Wildman–Crippen LogP) is 1.69. The molecular weight excluding hydrogens is 168 g/mol. The van der Waals surface area contributed by atoms with E-state index in [4.69, 9.17) is 9.47 Å². The number of hydrogen-bond acceptors (Lipinski definition) is 3. The van der Waals surface area contributed by atoms with Gasteiger partial charge in [0.15, 0.2) is 6.29 Å².